The molecule has 0 unspecified atom stereocenters. The van der Waals surface area contributed by atoms with Gasteiger partial charge in [-0.15, -0.1) is 5.10 Å². The van der Waals surface area contributed by atoms with Crippen molar-refractivity contribution in [3.63, 3.8) is 0 Å². The number of sulfone groups is 1. The quantitative estimate of drug-likeness (QED) is 0.529. The predicted molar refractivity (Wildman–Crippen MR) is 104 cm³/mol. The Morgan fingerprint density at radius 1 is 1.07 bits per heavy atom. The topological polar surface area (TPSA) is 125 Å². The number of furan rings is 1. The van der Waals surface area contributed by atoms with Crippen molar-refractivity contribution in [3.05, 3.63) is 54.1 Å². The van der Waals surface area contributed by atoms with Crippen molar-refractivity contribution in [2.24, 2.45) is 0 Å². The van der Waals surface area contributed by atoms with E-state index in [1.807, 2.05) is 12.1 Å². The molecule has 4 rings (SSSR count). The van der Waals surface area contributed by atoms with Gasteiger partial charge < -0.3 is 13.6 Å². The second kappa shape index (κ2) is 7.06. The number of amides is 1. The molecule has 29 heavy (non-hydrogen) atoms. The first-order valence-electron chi connectivity index (χ1n) is 8.37. The number of rotatable bonds is 5. The maximum Gasteiger partial charge on any atom is 0.322 e. The second-order valence-corrected chi connectivity index (χ2v) is 8.17. The lowest BCUT2D eigenvalue weighted by Gasteiger charge is -2.03. The fourth-order valence-electron chi connectivity index (χ4n) is 2.71. The fourth-order valence-corrected chi connectivity index (χ4v) is 3.38. The first-order valence-corrected chi connectivity index (χ1v) is 10.3. The van der Waals surface area contributed by atoms with Crippen molar-refractivity contribution in [2.45, 2.75) is 4.90 Å². The van der Waals surface area contributed by atoms with Crippen LogP contribution in [0.1, 0.15) is 10.4 Å². The van der Waals surface area contributed by atoms with Crippen molar-refractivity contribution in [1.29, 1.82) is 0 Å². The monoisotopic (exact) mass is 413 g/mol. The Morgan fingerprint density at radius 3 is 2.62 bits per heavy atom. The zero-order valence-electron chi connectivity index (χ0n) is 15.4. The number of nitrogens with one attached hydrogen (secondary N) is 1. The molecule has 0 spiro atoms. The standard InChI is InChI=1S/C19H15N3O6S/c1-26-14-8-4-5-11-10-15(27-16(11)14)18-21-22-19(28-18)20-17(23)12-6-3-7-13(9-12)29(2,24)25/h3-10H,1-2H3,(H,20,22,23). The van der Waals surface area contributed by atoms with Gasteiger partial charge >= 0.3 is 6.01 Å². The molecule has 0 bridgehead atoms. The lowest BCUT2D eigenvalue weighted by atomic mass is 10.2. The smallest absolute Gasteiger partial charge is 0.322 e. The van der Waals surface area contributed by atoms with Gasteiger partial charge in [-0.25, -0.2) is 8.42 Å². The number of fused-ring (bicyclic) bond motifs is 1. The number of anilines is 1. The Kier molecular flexibility index (Phi) is 4.55. The summed E-state index contributed by atoms with van der Waals surface area (Å²) < 4.78 is 39.8. The number of nitrogens with zero attached hydrogens (tertiary/aromatic N) is 2. The lowest BCUT2D eigenvalue weighted by molar-refractivity contribution is 0.102. The molecule has 0 saturated carbocycles. The predicted octanol–water partition coefficient (Wildman–Crippen LogP) is 3.15. The molecule has 0 aliphatic carbocycles. The normalized spacial score (nSPS) is 11.5. The minimum atomic E-state index is -3.44. The zero-order valence-corrected chi connectivity index (χ0v) is 16.2. The van der Waals surface area contributed by atoms with Gasteiger partial charge in [-0.3, -0.25) is 10.1 Å². The van der Waals surface area contributed by atoms with E-state index in [1.54, 1.807) is 12.1 Å². The highest BCUT2D eigenvalue weighted by molar-refractivity contribution is 7.90. The molecule has 2 aromatic heterocycles. The molecule has 0 radical (unpaired) electrons. The molecule has 2 aromatic carbocycles. The average molecular weight is 413 g/mol. The van der Waals surface area contributed by atoms with Gasteiger partial charge in [-0.1, -0.05) is 23.3 Å². The van der Waals surface area contributed by atoms with Crippen LogP contribution in [0.5, 0.6) is 5.75 Å². The molecular weight excluding hydrogens is 398 g/mol. The lowest BCUT2D eigenvalue weighted by Crippen LogP contribution is -2.13. The second-order valence-electron chi connectivity index (χ2n) is 6.16. The summed E-state index contributed by atoms with van der Waals surface area (Å²) in [6, 6.07) is 12.6. The fraction of sp³-hybridized carbons (Fsp3) is 0.105. The summed E-state index contributed by atoms with van der Waals surface area (Å²) in [4.78, 5) is 12.4. The SMILES string of the molecule is COc1cccc2cc(-c3nnc(NC(=O)c4cccc(S(C)(=O)=O)c4)o3)oc12. The van der Waals surface area contributed by atoms with Gasteiger partial charge in [0.1, 0.15) is 0 Å². The van der Waals surface area contributed by atoms with Gasteiger partial charge in [0.25, 0.3) is 11.8 Å². The van der Waals surface area contributed by atoms with Crippen molar-refractivity contribution in [2.75, 3.05) is 18.7 Å². The summed E-state index contributed by atoms with van der Waals surface area (Å²) in [5.74, 6) is 0.365. The number of para-hydroxylation sites is 1. The molecule has 1 N–H and O–H groups in total. The van der Waals surface area contributed by atoms with Gasteiger partial charge in [0.15, 0.2) is 26.9 Å². The van der Waals surface area contributed by atoms with Crippen LogP contribution in [0.3, 0.4) is 0 Å². The van der Waals surface area contributed by atoms with Crippen molar-refractivity contribution < 1.29 is 26.8 Å². The van der Waals surface area contributed by atoms with Crippen LogP contribution >= 0.6 is 0 Å². The number of methoxy groups -OCH3 is 1. The third-order valence-corrected chi connectivity index (χ3v) is 5.22. The minimum absolute atomic E-state index is 0.0348. The van der Waals surface area contributed by atoms with Crippen molar-refractivity contribution in [3.8, 4) is 17.4 Å². The Hall–Kier alpha value is -3.66. The highest BCUT2D eigenvalue weighted by Gasteiger charge is 2.18. The van der Waals surface area contributed by atoms with Crippen LogP contribution in [0.4, 0.5) is 6.01 Å². The maximum absolute atomic E-state index is 12.4. The third-order valence-electron chi connectivity index (χ3n) is 4.11. The molecule has 0 aliphatic rings. The molecule has 9 nitrogen and oxygen atoms in total. The van der Waals surface area contributed by atoms with Gasteiger partial charge in [0.2, 0.25) is 0 Å². The number of aromatic nitrogens is 2. The Balaban J connectivity index is 1.58. The van der Waals surface area contributed by atoms with E-state index in [2.05, 4.69) is 15.5 Å². The van der Waals surface area contributed by atoms with Gasteiger partial charge in [-0.05, 0) is 30.3 Å². The molecule has 0 atom stereocenters. The van der Waals surface area contributed by atoms with E-state index >= 15 is 0 Å². The van der Waals surface area contributed by atoms with Crippen LogP contribution < -0.4 is 10.1 Å². The van der Waals surface area contributed by atoms with Gasteiger partial charge in [0, 0.05) is 17.2 Å². The molecule has 0 fully saturated rings. The summed E-state index contributed by atoms with van der Waals surface area (Å²) >= 11 is 0. The summed E-state index contributed by atoms with van der Waals surface area (Å²) in [6.07, 6.45) is 1.07. The van der Waals surface area contributed by atoms with E-state index in [-0.39, 0.29) is 22.4 Å². The molecule has 10 heteroatoms. The molecule has 148 valence electrons. The first-order chi connectivity index (χ1) is 13.8. The van der Waals surface area contributed by atoms with Crippen LogP contribution in [-0.2, 0) is 9.84 Å². The van der Waals surface area contributed by atoms with E-state index in [0.717, 1.165) is 11.6 Å². The average Bonchev–Trinajstić information content (AvgIpc) is 3.33. The Bertz CT molecular complexity index is 1320. The molecule has 1 amide bonds. The summed E-state index contributed by atoms with van der Waals surface area (Å²) in [5.41, 5.74) is 0.674. The summed E-state index contributed by atoms with van der Waals surface area (Å²) in [5, 5.41) is 10.9. The molecule has 0 aliphatic heterocycles. The van der Waals surface area contributed by atoms with Crippen LogP contribution in [0.2, 0.25) is 0 Å². The van der Waals surface area contributed by atoms with Crippen LogP contribution in [0, 0.1) is 0 Å². The number of ether oxygens (including phenoxy) is 1. The number of carbonyl (C=O) groups excluding carboxylic acids is 1. The number of hydrogen-bond acceptors (Lipinski definition) is 8. The van der Waals surface area contributed by atoms with E-state index in [4.69, 9.17) is 13.6 Å². The van der Waals surface area contributed by atoms with Crippen molar-refractivity contribution in [1.82, 2.24) is 10.2 Å². The third kappa shape index (κ3) is 3.69. The Morgan fingerprint density at radius 2 is 1.86 bits per heavy atom. The molecule has 0 saturated heterocycles. The summed E-state index contributed by atoms with van der Waals surface area (Å²) in [6.45, 7) is 0. The van der Waals surface area contributed by atoms with Gasteiger partial charge in [0.05, 0.1) is 12.0 Å². The molecule has 4 aromatic rings. The van der Waals surface area contributed by atoms with E-state index in [0.29, 0.717) is 17.1 Å². The van der Waals surface area contributed by atoms with E-state index < -0.39 is 15.7 Å². The molecule has 2 heterocycles. The van der Waals surface area contributed by atoms with E-state index in [9.17, 15) is 13.2 Å². The number of carbonyl (C=O) groups is 1. The van der Waals surface area contributed by atoms with Crippen LogP contribution in [0.15, 0.2) is 62.3 Å². The van der Waals surface area contributed by atoms with Crippen LogP contribution in [-0.4, -0.2) is 37.9 Å². The van der Waals surface area contributed by atoms with Crippen LogP contribution in [0.25, 0.3) is 22.6 Å². The van der Waals surface area contributed by atoms with Crippen molar-refractivity contribution >= 4 is 32.7 Å². The Labute approximate surface area is 165 Å². The summed E-state index contributed by atoms with van der Waals surface area (Å²) in [7, 11) is -1.90. The van der Waals surface area contributed by atoms with Gasteiger partial charge in [-0.2, -0.15) is 0 Å². The first kappa shape index (κ1) is 18.7. The largest absolute Gasteiger partial charge is 0.493 e. The highest BCUT2D eigenvalue weighted by Crippen LogP contribution is 2.33. The zero-order chi connectivity index (χ0) is 20.6. The van der Waals surface area contributed by atoms with E-state index in [1.165, 1.54) is 31.4 Å². The maximum atomic E-state index is 12.4. The number of hydrogen-bond donors (Lipinski definition) is 1. The minimum Gasteiger partial charge on any atom is -0.493 e. The molecular formula is C19H15N3O6S. The highest BCUT2D eigenvalue weighted by atomic mass is 32.2. The number of benzene rings is 2.